The van der Waals surface area contributed by atoms with E-state index in [4.69, 9.17) is 0 Å². The highest BCUT2D eigenvalue weighted by Gasteiger charge is 2.27. The molecule has 132 valence electrons. The first-order valence-electron chi connectivity index (χ1n) is 8.69. The second kappa shape index (κ2) is 6.29. The quantitative estimate of drug-likeness (QED) is 0.761. The van der Waals surface area contributed by atoms with Crippen molar-refractivity contribution >= 4 is 23.0 Å². The van der Waals surface area contributed by atoms with E-state index in [0.717, 1.165) is 29.7 Å². The molecule has 0 atom stereocenters. The van der Waals surface area contributed by atoms with Gasteiger partial charge in [0.15, 0.2) is 5.69 Å². The molecule has 2 aromatic heterocycles. The molecule has 1 aromatic carbocycles. The number of pyridine rings is 1. The highest BCUT2D eigenvalue weighted by molar-refractivity contribution is 6.09. The predicted molar refractivity (Wildman–Crippen MR) is 99.5 cm³/mol. The first-order chi connectivity index (χ1) is 12.5. The summed E-state index contributed by atoms with van der Waals surface area (Å²) < 4.78 is 1.66. The molecule has 6 nitrogen and oxygen atoms in total. The first kappa shape index (κ1) is 16.3. The van der Waals surface area contributed by atoms with Gasteiger partial charge >= 0.3 is 0 Å². The lowest BCUT2D eigenvalue weighted by molar-refractivity contribution is 0.0940. The van der Waals surface area contributed by atoms with E-state index in [9.17, 15) is 9.59 Å². The number of aryl methyl sites for hydroxylation is 2. The van der Waals surface area contributed by atoms with Crippen LogP contribution in [-0.2, 0) is 0 Å². The number of amides is 2. The fourth-order valence-electron chi connectivity index (χ4n) is 2.98. The summed E-state index contributed by atoms with van der Waals surface area (Å²) in [6.45, 7) is 3.95. The number of nitrogens with zero attached hydrogens (tertiary/aromatic N) is 2. The van der Waals surface area contributed by atoms with Crippen LogP contribution in [0.3, 0.4) is 0 Å². The van der Waals surface area contributed by atoms with Crippen molar-refractivity contribution in [1.29, 1.82) is 0 Å². The maximum Gasteiger partial charge on any atom is 0.287 e. The molecule has 26 heavy (non-hydrogen) atoms. The number of carbonyl (C=O) groups excluding carboxylic acids is 2. The van der Waals surface area contributed by atoms with Crippen molar-refractivity contribution in [2.45, 2.75) is 32.7 Å². The van der Waals surface area contributed by atoms with Crippen LogP contribution < -0.4 is 10.6 Å². The van der Waals surface area contributed by atoms with E-state index in [0.29, 0.717) is 5.52 Å². The molecule has 1 saturated carbocycles. The van der Waals surface area contributed by atoms with Gasteiger partial charge in [-0.2, -0.15) is 0 Å². The Bertz CT molecular complexity index is 1020. The zero-order chi connectivity index (χ0) is 18.3. The summed E-state index contributed by atoms with van der Waals surface area (Å²) in [5.74, 6) is -0.344. The average Bonchev–Trinajstić information content (AvgIpc) is 3.34. The topological polar surface area (TPSA) is 75.5 Å². The van der Waals surface area contributed by atoms with Crippen LogP contribution in [-0.4, -0.2) is 27.2 Å². The highest BCUT2D eigenvalue weighted by Crippen LogP contribution is 2.21. The largest absolute Gasteiger partial charge is 0.347 e. The van der Waals surface area contributed by atoms with Crippen LogP contribution in [0.4, 0.5) is 5.69 Å². The summed E-state index contributed by atoms with van der Waals surface area (Å²) in [6, 6.07) is 11.5. The number of carbonyl (C=O) groups is 2. The predicted octanol–water partition coefficient (Wildman–Crippen LogP) is 3.10. The van der Waals surface area contributed by atoms with Crippen molar-refractivity contribution in [2.75, 3.05) is 5.32 Å². The van der Waals surface area contributed by atoms with Crippen molar-refractivity contribution < 1.29 is 9.59 Å². The summed E-state index contributed by atoms with van der Waals surface area (Å²) in [4.78, 5) is 29.6. The van der Waals surface area contributed by atoms with Crippen molar-refractivity contribution in [1.82, 2.24) is 14.7 Å². The molecule has 2 amide bonds. The molecule has 0 radical (unpaired) electrons. The summed E-state index contributed by atoms with van der Waals surface area (Å²) in [5.41, 5.74) is 3.70. The van der Waals surface area contributed by atoms with Crippen LogP contribution >= 0.6 is 0 Å². The van der Waals surface area contributed by atoms with Crippen molar-refractivity contribution in [3.8, 4) is 0 Å². The van der Waals surface area contributed by atoms with E-state index in [-0.39, 0.29) is 29.4 Å². The number of benzene rings is 1. The SMILES string of the molecule is Cc1ccc(NC(=O)c2nc(C(=O)NC3CC3)n3ccccc23)c(C)c1. The number of hydrogen-bond donors (Lipinski definition) is 2. The van der Waals surface area contributed by atoms with Gasteiger partial charge in [0, 0.05) is 17.9 Å². The van der Waals surface area contributed by atoms with Gasteiger partial charge < -0.3 is 10.6 Å². The minimum absolute atomic E-state index is 0.228. The van der Waals surface area contributed by atoms with E-state index in [1.807, 2.05) is 44.2 Å². The van der Waals surface area contributed by atoms with Gasteiger partial charge in [0.1, 0.15) is 0 Å². The zero-order valence-corrected chi connectivity index (χ0v) is 14.7. The zero-order valence-electron chi connectivity index (χ0n) is 14.7. The Hall–Kier alpha value is -3.15. The fraction of sp³-hybridized carbons (Fsp3) is 0.250. The summed E-state index contributed by atoms with van der Waals surface area (Å²) >= 11 is 0. The fourth-order valence-corrected chi connectivity index (χ4v) is 2.98. The lowest BCUT2D eigenvalue weighted by Crippen LogP contribution is -2.27. The van der Waals surface area contributed by atoms with Crippen LogP contribution in [0.1, 0.15) is 45.1 Å². The van der Waals surface area contributed by atoms with Gasteiger partial charge in [-0.25, -0.2) is 4.98 Å². The molecule has 6 heteroatoms. The van der Waals surface area contributed by atoms with Crippen LogP contribution in [0.15, 0.2) is 42.6 Å². The van der Waals surface area contributed by atoms with Crippen molar-refractivity contribution in [3.05, 3.63) is 65.2 Å². The third kappa shape index (κ3) is 3.06. The van der Waals surface area contributed by atoms with Gasteiger partial charge in [-0.05, 0) is 50.5 Å². The molecule has 1 aliphatic carbocycles. The Morgan fingerprint density at radius 2 is 1.92 bits per heavy atom. The van der Waals surface area contributed by atoms with E-state index >= 15 is 0 Å². The Kier molecular flexibility index (Phi) is 3.95. The number of aromatic nitrogens is 2. The Morgan fingerprint density at radius 1 is 1.12 bits per heavy atom. The lowest BCUT2D eigenvalue weighted by Gasteiger charge is -2.08. The normalized spacial score (nSPS) is 13.6. The van der Waals surface area contributed by atoms with Crippen molar-refractivity contribution in [3.63, 3.8) is 0 Å². The van der Waals surface area contributed by atoms with E-state index in [1.54, 1.807) is 16.7 Å². The van der Waals surface area contributed by atoms with Crippen LogP contribution in [0.2, 0.25) is 0 Å². The van der Waals surface area contributed by atoms with Gasteiger partial charge in [-0.1, -0.05) is 23.8 Å². The molecule has 0 aliphatic heterocycles. The molecule has 0 saturated heterocycles. The van der Waals surface area contributed by atoms with E-state index < -0.39 is 0 Å². The number of anilines is 1. The van der Waals surface area contributed by atoms with Crippen LogP contribution in [0.25, 0.3) is 5.52 Å². The summed E-state index contributed by atoms with van der Waals surface area (Å²) in [6.07, 6.45) is 3.74. The van der Waals surface area contributed by atoms with Crippen LogP contribution in [0, 0.1) is 13.8 Å². The van der Waals surface area contributed by atoms with Crippen LogP contribution in [0.5, 0.6) is 0 Å². The molecule has 3 aromatic rings. The minimum atomic E-state index is -0.328. The molecule has 4 rings (SSSR count). The number of fused-ring (bicyclic) bond motifs is 1. The number of rotatable bonds is 4. The Balaban J connectivity index is 1.69. The molecule has 0 spiro atoms. The molecule has 0 bridgehead atoms. The van der Waals surface area contributed by atoms with Gasteiger partial charge in [-0.3, -0.25) is 14.0 Å². The van der Waals surface area contributed by atoms with E-state index in [2.05, 4.69) is 15.6 Å². The molecule has 1 fully saturated rings. The summed E-state index contributed by atoms with van der Waals surface area (Å²) in [5, 5.41) is 5.83. The first-order valence-corrected chi connectivity index (χ1v) is 8.69. The van der Waals surface area contributed by atoms with Gasteiger partial charge in [0.25, 0.3) is 11.8 Å². The summed E-state index contributed by atoms with van der Waals surface area (Å²) in [7, 11) is 0. The molecule has 1 aliphatic rings. The molecule has 0 unspecified atom stereocenters. The second-order valence-corrected chi connectivity index (χ2v) is 6.76. The van der Waals surface area contributed by atoms with Gasteiger partial charge in [0.2, 0.25) is 5.82 Å². The van der Waals surface area contributed by atoms with Crippen molar-refractivity contribution in [2.24, 2.45) is 0 Å². The van der Waals surface area contributed by atoms with Gasteiger partial charge in [-0.15, -0.1) is 0 Å². The number of nitrogens with one attached hydrogen (secondary N) is 2. The number of hydrogen-bond acceptors (Lipinski definition) is 3. The molecular formula is C20H20N4O2. The smallest absolute Gasteiger partial charge is 0.287 e. The van der Waals surface area contributed by atoms with E-state index in [1.165, 1.54) is 0 Å². The molecule has 2 N–H and O–H groups in total. The third-order valence-electron chi connectivity index (χ3n) is 4.51. The maximum atomic E-state index is 12.8. The monoisotopic (exact) mass is 348 g/mol. The Labute approximate surface area is 151 Å². The number of imidazole rings is 1. The standard InChI is InChI=1S/C20H20N4O2/c1-12-6-9-15(13(2)11-12)22-19(25)17-16-5-3-4-10-24(16)18(23-17)20(26)21-14-7-8-14/h3-6,9-11,14H,7-8H2,1-2H3,(H,21,26)(H,22,25). The minimum Gasteiger partial charge on any atom is -0.347 e. The Morgan fingerprint density at radius 3 is 2.65 bits per heavy atom. The maximum absolute atomic E-state index is 12.8. The van der Waals surface area contributed by atoms with Gasteiger partial charge in [0.05, 0.1) is 5.52 Å². The highest BCUT2D eigenvalue weighted by atomic mass is 16.2. The second-order valence-electron chi connectivity index (χ2n) is 6.76. The lowest BCUT2D eigenvalue weighted by atomic mass is 10.1. The average molecular weight is 348 g/mol. The third-order valence-corrected chi connectivity index (χ3v) is 4.51. The molecular weight excluding hydrogens is 328 g/mol. The molecule has 2 heterocycles.